The van der Waals surface area contributed by atoms with Crippen LogP contribution in [0.3, 0.4) is 0 Å². The molecule has 7 heteroatoms. The highest BCUT2D eigenvalue weighted by molar-refractivity contribution is 7.99. The maximum atomic E-state index is 11.6. The van der Waals surface area contributed by atoms with Crippen LogP contribution in [0.1, 0.15) is 23.3 Å². The van der Waals surface area contributed by atoms with Gasteiger partial charge >= 0.3 is 0 Å². The minimum absolute atomic E-state index is 0.129. The van der Waals surface area contributed by atoms with Gasteiger partial charge in [0, 0.05) is 4.88 Å². The van der Waals surface area contributed by atoms with Gasteiger partial charge in [-0.25, -0.2) is 9.97 Å². The summed E-state index contributed by atoms with van der Waals surface area (Å²) in [5.41, 5.74) is 7.45. The molecule has 0 aliphatic heterocycles. The van der Waals surface area contributed by atoms with E-state index in [1.54, 1.807) is 11.3 Å². The summed E-state index contributed by atoms with van der Waals surface area (Å²) in [7, 11) is 0. The highest BCUT2D eigenvalue weighted by atomic mass is 32.2. The van der Waals surface area contributed by atoms with Crippen molar-refractivity contribution in [3.8, 4) is 12.3 Å². The average molecular weight is 332 g/mol. The van der Waals surface area contributed by atoms with Crippen molar-refractivity contribution in [2.24, 2.45) is 0 Å². The molecule has 1 aliphatic carbocycles. The third-order valence-electron chi connectivity index (χ3n) is 3.54. The van der Waals surface area contributed by atoms with E-state index in [2.05, 4.69) is 21.2 Å². The molecule has 0 bridgehead atoms. The first-order valence-electron chi connectivity index (χ1n) is 7.09. The highest BCUT2D eigenvalue weighted by Crippen LogP contribution is 2.38. The van der Waals surface area contributed by atoms with Crippen molar-refractivity contribution >= 4 is 45.0 Å². The Labute approximate surface area is 137 Å². The van der Waals surface area contributed by atoms with E-state index in [0.29, 0.717) is 11.0 Å². The largest absolute Gasteiger partial charge is 0.383 e. The van der Waals surface area contributed by atoms with Crippen molar-refractivity contribution in [2.45, 2.75) is 30.8 Å². The Morgan fingerprint density at radius 3 is 3.05 bits per heavy atom. The lowest BCUT2D eigenvalue weighted by atomic mass is 9.97. The van der Waals surface area contributed by atoms with Gasteiger partial charge in [0.15, 0.2) is 5.16 Å². The van der Waals surface area contributed by atoms with E-state index in [0.717, 1.165) is 23.1 Å². The lowest BCUT2D eigenvalue weighted by Gasteiger charge is -2.10. The number of thiophene rings is 1. The summed E-state index contributed by atoms with van der Waals surface area (Å²) in [6.45, 7) is 0.235. The van der Waals surface area contributed by atoms with Crippen LogP contribution in [-0.4, -0.2) is 28.2 Å². The molecule has 2 aromatic heterocycles. The van der Waals surface area contributed by atoms with Crippen LogP contribution in [0.15, 0.2) is 5.16 Å². The van der Waals surface area contributed by atoms with E-state index < -0.39 is 0 Å². The summed E-state index contributed by atoms with van der Waals surface area (Å²) in [6.07, 6.45) is 9.69. The molecule has 0 saturated heterocycles. The number of amides is 1. The van der Waals surface area contributed by atoms with Crippen LogP contribution in [0, 0.1) is 12.3 Å². The Kier molecular flexibility index (Phi) is 4.50. The normalized spacial score (nSPS) is 13.6. The maximum Gasteiger partial charge on any atom is 0.231 e. The topological polar surface area (TPSA) is 80.9 Å². The number of aromatic nitrogens is 2. The zero-order valence-electron chi connectivity index (χ0n) is 12.0. The second-order valence-corrected chi connectivity index (χ2v) is 7.08. The zero-order valence-corrected chi connectivity index (χ0v) is 13.6. The molecule has 22 heavy (non-hydrogen) atoms. The van der Waals surface area contributed by atoms with Gasteiger partial charge in [-0.1, -0.05) is 17.7 Å². The third kappa shape index (κ3) is 3.03. The van der Waals surface area contributed by atoms with Gasteiger partial charge in [-0.05, 0) is 31.2 Å². The summed E-state index contributed by atoms with van der Waals surface area (Å²) >= 11 is 2.98. The number of carbonyl (C=O) groups excluding carboxylic acids is 1. The highest BCUT2D eigenvalue weighted by Gasteiger charge is 2.20. The molecule has 3 N–H and O–H groups in total. The predicted molar refractivity (Wildman–Crippen MR) is 91.0 cm³/mol. The fraction of sp³-hybridized carbons (Fsp3) is 0.400. The molecule has 0 aromatic carbocycles. The van der Waals surface area contributed by atoms with Gasteiger partial charge in [0.2, 0.25) is 5.91 Å². The summed E-state index contributed by atoms with van der Waals surface area (Å²) in [5.74, 6) is 3.00. The number of nitrogens with one attached hydrogen (secondary N) is 1. The molecule has 0 spiro atoms. The molecule has 0 fully saturated rings. The molecule has 0 unspecified atom stereocenters. The molecule has 3 rings (SSSR count). The van der Waals surface area contributed by atoms with Crippen LogP contribution in [0.25, 0.3) is 10.2 Å². The molecule has 0 radical (unpaired) electrons. The van der Waals surface area contributed by atoms with Gasteiger partial charge in [0.25, 0.3) is 0 Å². The van der Waals surface area contributed by atoms with Crippen LogP contribution in [-0.2, 0) is 17.6 Å². The minimum atomic E-state index is -0.129. The van der Waals surface area contributed by atoms with Crippen molar-refractivity contribution < 1.29 is 4.79 Å². The minimum Gasteiger partial charge on any atom is -0.383 e. The van der Waals surface area contributed by atoms with Crippen LogP contribution in [0.5, 0.6) is 0 Å². The zero-order chi connectivity index (χ0) is 15.5. The monoisotopic (exact) mass is 332 g/mol. The van der Waals surface area contributed by atoms with Gasteiger partial charge < -0.3 is 11.1 Å². The molecule has 2 heterocycles. The smallest absolute Gasteiger partial charge is 0.231 e. The molecule has 1 amide bonds. The number of nitrogen functional groups attached to an aromatic ring is 1. The molecule has 0 atom stereocenters. The number of anilines is 1. The summed E-state index contributed by atoms with van der Waals surface area (Å²) in [5, 5.41) is 4.17. The van der Waals surface area contributed by atoms with Gasteiger partial charge in [-0.15, -0.1) is 17.8 Å². The van der Waals surface area contributed by atoms with E-state index in [4.69, 9.17) is 12.2 Å². The number of carbonyl (C=O) groups is 1. The number of fused-ring (bicyclic) bond motifs is 3. The number of terminal acetylenes is 1. The molecule has 114 valence electrons. The van der Waals surface area contributed by atoms with E-state index in [1.165, 1.54) is 35.0 Å². The molecular weight excluding hydrogens is 316 g/mol. The second-order valence-electron chi connectivity index (χ2n) is 5.05. The summed E-state index contributed by atoms with van der Waals surface area (Å²) < 4.78 is 0. The van der Waals surface area contributed by atoms with Gasteiger partial charge in [-0.2, -0.15) is 0 Å². The van der Waals surface area contributed by atoms with Crippen molar-refractivity contribution in [1.29, 1.82) is 0 Å². The molecule has 2 aromatic rings. The average Bonchev–Trinajstić information content (AvgIpc) is 2.89. The SMILES string of the molecule is C#CCNC(=O)CSc1nc(N)c2c3c(sc2n1)CCCC3. The van der Waals surface area contributed by atoms with Crippen LogP contribution < -0.4 is 11.1 Å². The van der Waals surface area contributed by atoms with Crippen LogP contribution >= 0.6 is 23.1 Å². The number of aryl methyl sites for hydroxylation is 2. The molecule has 5 nitrogen and oxygen atoms in total. The van der Waals surface area contributed by atoms with E-state index in [1.807, 2.05) is 0 Å². The van der Waals surface area contributed by atoms with Gasteiger partial charge in [-0.3, -0.25) is 4.79 Å². The Hall–Kier alpha value is -1.78. The Bertz CT molecular complexity index is 763. The number of hydrogen-bond donors (Lipinski definition) is 2. The van der Waals surface area contributed by atoms with Crippen molar-refractivity contribution in [3.05, 3.63) is 10.4 Å². The van der Waals surface area contributed by atoms with E-state index >= 15 is 0 Å². The van der Waals surface area contributed by atoms with Crippen LogP contribution in [0.2, 0.25) is 0 Å². The fourth-order valence-electron chi connectivity index (χ4n) is 2.56. The Morgan fingerprint density at radius 2 is 2.23 bits per heavy atom. The predicted octanol–water partition coefficient (Wildman–Crippen LogP) is 1.99. The van der Waals surface area contributed by atoms with E-state index in [9.17, 15) is 4.79 Å². The number of nitrogens with two attached hydrogens (primary N) is 1. The molecule has 0 saturated carbocycles. The Morgan fingerprint density at radius 1 is 1.41 bits per heavy atom. The quantitative estimate of drug-likeness (QED) is 0.508. The lowest BCUT2D eigenvalue weighted by molar-refractivity contribution is -0.118. The van der Waals surface area contributed by atoms with Gasteiger partial charge in [0.05, 0.1) is 17.7 Å². The van der Waals surface area contributed by atoms with Crippen molar-refractivity contribution in [3.63, 3.8) is 0 Å². The third-order valence-corrected chi connectivity index (χ3v) is 5.58. The number of thioether (sulfide) groups is 1. The van der Waals surface area contributed by atoms with Crippen LogP contribution in [0.4, 0.5) is 5.82 Å². The summed E-state index contributed by atoms with van der Waals surface area (Å²) in [6, 6.07) is 0. The van der Waals surface area contributed by atoms with Crippen molar-refractivity contribution in [2.75, 3.05) is 18.0 Å². The fourth-order valence-corrected chi connectivity index (χ4v) is 4.57. The first kappa shape index (κ1) is 15.1. The number of hydrogen-bond acceptors (Lipinski definition) is 6. The standard InChI is InChI=1S/C15H16N4OS2/c1-2-7-17-11(20)8-21-15-18-13(16)12-9-5-3-4-6-10(9)22-14(12)19-15/h1H,3-8H2,(H,17,20)(H2,16,18,19). The lowest BCUT2D eigenvalue weighted by Crippen LogP contribution is -2.25. The summed E-state index contributed by atoms with van der Waals surface area (Å²) in [4.78, 5) is 22.8. The number of nitrogens with zero attached hydrogens (tertiary/aromatic N) is 2. The van der Waals surface area contributed by atoms with Gasteiger partial charge in [0.1, 0.15) is 10.6 Å². The molecular formula is C15H16N4OS2. The number of rotatable bonds is 4. The molecule has 1 aliphatic rings. The van der Waals surface area contributed by atoms with Crippen molar-refractivity contribution in [1.82, 2.24) is 15.3 Å². The first-order chi connectivity index (χ1) is 10.7. The first-order valence-corrected chi connectivity index (χ1v) is 8.90. The Balaban J connectivity index is 1.81. The second kappa shape index (κ2) is 6.55. The maximum absolute atomic E-state index is 11.6. The van der Waals surface area contributed by atoms with E-state index in [-0.39, 0.29) is 18.2 Å².